The molecule has 7 rings (SSSR count). The van der Waals surface area contributed by atoms with Gasteiger partial charge in [-0.1, -0.05) is 80.6 Å². The maximum atomic E-state index is 16.0. The lowest BCUT2D eigenvalue weighted by Gasteiger charge is -2.27. The van der Waals surface area contributed by atoms with E-state index in [9.17, 15) is 18.4 Å². The van der Waals surface area contributed by atoms with E-state index >= 15 is 4.39 Å². The van der Waals surface area contributed by atoms with Gasteiger partial charge in [0.25, 0.3) is 0 Å². The number of hydrogen-bond donors (Lipinski definition) is 0. The summed E-state index contributed by atoms with van der Waals surface area (Å²) in [5.41, 5.74) is 1.56. The zero-order valence-corrected chi connectivity index (χ0v) is 28.2. The van der Waals surface area contributed by atoms with E-state index in [4.69, 9.17) is 12.2 Å². The van der Waals surface area contributed by atoms with Gasteiger partial charge in [-0.15, -0.1) is 8.78 Å². The molecule has 264 valence electrons. The molecule has 0 bridgehead atoms. The minimum atomic E-state index is -3.79. The van der Waals surface area contributed by atoms with Gasteiger partial charge in [0.15, 0.2) is 17.3 Å². The van der Waals surface area contributed by atoms with Crippen molar-refractivity contribution in [3.05, 3.63) is 131 Å². The molecule has 0 N–H and O–H groups in total. The van der Waals surface area contributed by atoms with E-state index in [1.165, 1.54) is 18.2 Å². The third-order valence-corrected chi connectivity index (χ3v) is 9.50. The van der Waals surface area contributed by atoms with Crippen molar-refractivity contribution >= 4 is 22.5 Å². The Hall–Kier alpha value is -4.93. The first-order valence-electron chi connectivity index (χ1n) is 17.7. The van der Waals surface area contributed by atoms with Gasteiger partial charge in [0.1, 0.15) is 18.2 Å². The third kappa shape index (κ3) is 7.43. The SMILES string of the molecule is [2H]C([2H])(OCc1ccccc1)C(=O)Cn1c(C(C)(C)COCc2ccccc2)cc2cc(CC(=O)C3(c4ccc5c(c4)OC(F)(F)O5)CC3)c(F)cc21. The summed E-state index contributed by atoms with van der Waals surface area (Å²) in [6.07, 6.45) is -3.11. The van der Waals surface area contributed by atoms with Gasteiger partial charge in [0, 0.05) is 22.9 Å². The van der Waals surface area contributed by atoms with Crippen LogP contribution in [0.15, 0.2) is 97.1 Å². The largest absolute Gasteiger partial charge is 0.586 e. The number of hydrogen-bond acceptors (Lipinski definition) is 6. The number of benzene rings is 4. The highest BCUT2D eigenvalue weighted by Crippen LogP contribution is 2.53. The molecule has 10 heteroatoms. The minimum absolute atomic E-state index is 0.121. The second kappa shape index (κ2) is 13.7. The number of ether oxygens (including phenoxy) is 4. The number of rotatable bonds is 15. The second-order valence-corrected chi connectivity index (χ2v) is 13.8. The Morgan fingerprint density at radius 1 is 0.863 bits per heavy atom. The maximum absolute atomic E-state index is 16.0. The van der Waals surface area contributed by atoms with Gasteiger partial charge in [0.2, 0.25) is 0 Å². The van der Waals surface area contributed by atoms with Crippen molar-refractivity contribution in [3.63, 3.8) is 0 Å². The quantitative estimate of drug-likeness (QED) is 0.110. The van der Waals surface area contributed by atoms with Crippen LogP contribution in [0.2, 0.25) is 0 Å². The molecule has 7 nitrogen and oxygen atoms in total. The molecule has 0 radical (unpaired) electrons. The highest BCUT2D eigenvalue weighted by Gasteiger charge is 2.52. The molecule has 1 aromatic heterocycles. The van der Waals surface area contributed by atoms with Gasteiger partial charge >= 0.3 is 6.29 Å². The molecule has 1 aliphatic carbocycles. The van der Waals surface area contributed by atoms with Crippen molar-refractivity contribution in [2.45, 2.75) is 70.0 Å². The molecule has 4 aromatic carbocycles. The van der Waals surface area contributed by atoms with Crippen molar-refractivity contribution in [2.24, 2.45) is 0 Å². The van der Waals surface area contributed by atoms with E-state index in [-0.39, 0.29) is 42.5 Å². The molecule has 0 amide bonds. The monoisotopic (exact) mass is 699 g/mol. The Labute approximate surface area is 296 Å². The Kier molecular flexibility index (Phi) is 8.57. The lowest BCUT2D eigenvalue weighted by Crippen LogP contribution is -2.29. The standard InChI is InChI=1S/C41H38F3NO6/c1-39(2,26-49-24-28-11-7-4-8-12-28)37-18-30-17-29(19-38(47)40(15-16-40)31-13-14-35-36(20-31)51-41(43,44)50-35)33(42)21-34(30)45(37)22-32(46)25-48-23-27-9-5-3-6-10-27/h3-14,17-18,20-21H,15-16,19,22-26H2,1-2H3/i25D2. The summed E-state index contributed by atoms with van der Waals surface area (Å²) in [7, 11) is 0. The van der Waals surface area contributed by atoms with E-state index in [2.05, 4.69) is 9.47 Å². The van der Waals surface area contributed by atoms with Crippen molar-refractivity contribution in [1.29, 1.82) is 0 Å². The van der Waals surface area contributed by atoms with Gasteiger partial charge in [-0.05, 0) is 65.4 Å². The predicted molar refractivity (Wildman–Crippen MR) is 184 cm³/mol. The maximum Gasteiger partial charge on any atom is 0.586 e. The number of carbonyl (C=O) groups is 2. The first kappa shape index (κ1) is 32.0. The average molecular weight is 700 g/mol. The van der Waals surface area contributed by atoms with Crippen LogP contribution in [0.5, 0.6) is 11.5 Å². The number of halogens is 3. The number of Topliss-reactive ketones (excluding diaryl/α,β-unsaturated/α-hetero) is 2. The van der Waals surface area contributed by atoms with E-state index in [0.29, 0.717) is 47.2 Å². The first-order valence-corrected chi connectivity index (χ1v) is 16.7. The molecule has 1 fully saturated rings. The molecular formula is C41H38F3NO6. The lowest BCUT2D eigenvalue weighted by molar-refractivity contribution is -0.286. The molecule has 51 heavy (non-hydrogen) atoms. The Bertz CT molecular complexity index is 2170. The number of alkyl halides is 2. The summed E-state index contributed by atoms with van der Waals surface area (Å²) in [6.45, 7) is 1.19. The average Bonchev–Trinajstić information content (AvgIpc) is 3.78. The molecule has 0 atom stereocenters. The van der Waals surface area contributed by atoms with Gasteiger partial charge in [0.05, 0.1) is 40.0 Å². The summed E-state index contributed by atoms with van der Waals surface area (Å²) in [4.78, 5) is 27.4. The van der Waals surface area contributed by atoms with E-state index in [0.717, 1.165) is 5.56 Å². The third-order valence-electron chi connectivity index (χ3n) is 9.50. The van der Waals surface area contributed by atoms with Crippen LogP contribution in [-0.2, 0) is 56.1 Å². The van der Waals surface area contributed by atoms with Gasteiger partial charge in [-0.3, -0.25) is 9.59 Å². The Morgan fingerprint density at radius 3 is 2.18 bits per heavy atom. The van der Waals surface area contributed by atoms with Crippen LogP contribution in [0.4, 0.5) is 13.2 Å². The predicted octanol–water partition coefficient (Wildman–Crippen LogP) is 8.23. The van der Waals surface area contributed by atoms with Crippen molar-refractivity contribution in [3.8, 4) is 11.5 Å². The fourth-order valence-corrected chi connectivity index (χ4v) is 6.66. The summed E-state index contributed by atoms with van der Waals surface area (Å²) >= 11 is 0. The highest BCUT2D eigenvalue weighted by atomic mass is 19.3. The van der Waals surface area contributed by atoms with E-state index < -0.39 is 41.8 Å². The summed E-state index contributed by atoms with van der Waals surface area (Å²) < 4.78 is 82.5. The first-order chi connectivity index (χ1) is 25.2. The molecule has 5 aromatic rings. The molecule has 2 aliphatic rings. The number of nitrogens with zero attached hydrogens (tertiary/aromatic N) is 1. The van der Waals surface area contributed by atoms with Crippen molar-refractivity contribution in [1.82, 2.24) is 4.57 Å². The van der Waals surface area contributed by atoms with Crippen LogP contribution in [0.25, 0.3) is 10.9 Å². The number of aromatic nitrogens is 1. The zero-order chi connectivity index (χ0) is 37.6. The number of carbonyl (C=O) groups excluding carboxylic acids is 2. The van der Waals surface area contributed by atoms with Crippen LogP contribution in [0.3, 0.4) is 0 Å². The summed E-state index contributed by atoms with van der Waals surface area (Å²) in [5.74, 6) is -2.08. The van der Waals surface area contributed by atoms with Crippen LogP contribution < -0.4 is 9.47 Å². The normalized spacial score (nSPS) is 16.5. The van der Waals surface area contributed by atoms with E-state index in [1.807, 2.05) is 56.3 Å². The molecule has 0 saturated heterocycles. The Balaban J connectivity index is 1.17. The smallest absolute Gasteiger partial charge is 0.395 e. The lowest BCUT2D eigenvalue weighted by atomic mass is 9.87. The molecule has 1 aliphatic heterocycles. The topological polar surface area (TPSA) is 76.0 Å². The van der Waals surface area contributed by atoms with Crippen LogP contribution >= 0.6 is 0 Å². The molecule has 2 heterocycles. The van der Waals surface area contributed by atoms with Crippen LogP contribution in [0, 0.1) is 5.82 Å². The second-order valence-electron chi connectivity index (χ2n) is 13.8. The fraction of sp³-hybridized carbons (Fsp3) is 0.317. The summed E-state index contributed by atoms with van der Waals surface area (Å²) in [5, 5.41) is 0.550. The Morgan fingerprint density at radius 2 is 1.51 bits per heavy atom. The molecular weight excluding hydrogens is 659 g/mol. The van der Waals surface area contributed by atoms with Crippen molar-refractivity contribution in [2.75, 3.05) is 13.2 Å². The van der Waals surface area contributed by atoms with Crippen LogP contribution in [0.1, 0.15) is 57.4 Å². The van der Waals surface area contributed by atoms with E-state index in [1.54, 1.807) is 41.0 Å². The van der Waals surface area contributed by atoms with Gasteiger partial charge in [-0.25, -0.2) is 4.39 Å². The minimum Gasteiger partial charge on any atom is -0.395 e. The van der Waals surface area contributed by atoms with Gasteiger partial charge in [-0.2, -0.15) is 0 Å². The van der Waals surface area contributed by atoms with Crippen molar-refractivity contribution < 1.29 is 44.4 Å². The van der Waals surface area contributed by atoms with Crippen LogP contribution in [-0.4, -0.2) is 35.6 Å². The molecule has 0 spiro atoms. The van der Waals surface area contributed by atoms with Gasteiger partial charge < -0.3 is 23.5 Å². The number of fused-ring (bicyclic) bond motifs is 2. The number of ketones is 2. The molecule has 0 unspecified atom stereocenters. The summed E-state index contributed by atoms with van der Waals surface area (Å²) in [6, 6.07) is 27.5. The molecule has 1 saturated carbocycles. The fourth-order valence-electron chi connectivity index (χ4n) is 6.66. The highest BCUT2D eigenvalue weighted by molar-refractivity contribution is 5.96. The zero-order valence-electron chi connectivity index (χ0n) is 30.2.